The van der Waals surface area contributed by atoms with E-state index < -0.39 is 0 Å². The average molecular weight is 191 g/mol. The van der Waals surface area contributed by atoms with Crippen LogP contribution in [0.25, 0.3) is 0 Å². The lowest BCUT2D eigenvalue weighted by molar-refractivity contribution is 0.812. The monoisotopic (exact) mass is 190 g/mol. The molecule has 0 aliphatic heterocycles. The minimum absolute atomic E-state index is 0.258. The van der Waals surface area contributed by atoms with Gasteiger partial charge in [0.25, 0.3) is 0 Å². The van der Waals surface area contributed by atoms with E-state index in [1.807, 2.05) is 13.8 Å². The molecule has 0 spiro atoms. The molecule has 0 unspecified atom stereocenters. The standard InChI is InChI=1S/C7H8Cl2N2/c1-4(2)6-7(9)10-3-5(8)11-6/h3-4H,1-2H3. The maximum Gasteiger partial charge on any atom is 0.150 e. The number of aromatic nitrogens is 2. The Labute approximate surface area is 75.6 Å². The van der Waals surface area contributed by atoms with Crippen molar-refractivity contribution in [3.63, 3.8) is 0 Å². The zero-order valence-electron chi connectivity index (χ0n) is 6.31. The van der Waals surface area contributed by atoms with E-state index in [0.29, 0.717) is 10.3 Å². The van der Waals surface area contributed by atoms with Gasteiger partial charge < -0.3 is 0 Å². The first-order valence-electron chi connectivity index (χ1n) is 3.29. The second-order valence-corrected chi connectivity index (χ2v) is 3.27. The number of hydrogen-bond donors (Lipinski definition) is 0. The second kappa shape index (κ2) is 3.37. The third-order valence-corrected chi connectivity index (χ3v) is 1.74. The van der Waals surface area contributed by atoms with Gasteiger partial charge in [-0.3, -0.25) is 0 Å². The van der Waals surface area contributed by atoms with Gasteiger partial charge in [0, 0.05) is 0 Å². The first-order valence-corrected chi connectivity index (χ1v) is 4.04. The van der Waals surface area contributed by atoms with E-state index in [1.54, 1.807) is 0 Å². The molecular formula is C7H8Cl2N2. The van der Waals surface area contributed by atoms with E-state index in [2.05, 4.69) is 9.97 Å². The molecule has 2 nitrogen and oxygen atoms in total. The summed E-state index contributed by atoms with van der Waals surface area (Å²) >= 11 is 11.4. The number of nitrogens with zero attached hydrogens (tertiary/aromatic N) is 2. The first-order chi connectivity index (χ1) is 5.11. The maximum absolute atomic E-state index is 5.76. The van der Waals surface area contributed by atoms with Crippen molar-refractivity contribution in [2.24, 2.45) is 0 Å². The molecular weight excluding hydrogens is 183 g/mol. The molecule has 0 amide bonds. The fourth-order valence-electron chi connectivity index (χ4n) is 0.733. The molecule has 1 heterocycles. The molecule has 0 saturated heterocycles. The topological polar surface area (TPSA) is 25.8 Å². The van der Waals surface area contributed by atoms with Crippen molar-refractivity contribution in [3.05, 3.63) is 22.2 Å². The van der Waals surface area contributed by atoms with Crippen LogP contribution in [0, 0.1) is 0 Å². The van der Waals surface area contributed by atoms with Crippen molar-refractivity contribution in [1.29, 1.82) is 0 Å². The van der Waals surface area contributed by atoms with Crippen LogP contribution >= 0.6 is 23.2 Å². The average Bonchev–Trinajstić information content (AvgIpc) is 1.94. The van der Waals surface area contributed by atoms with Crippen molar-refractivity contribution in [2.75, 3.05) is 0 Å². The van der Waals surface area contributed by atoms with Crippen LogP contribution in [0.2, 0.25) is 10.3 Å². The number of halogens is 2. The van der Waals surface area contributed by atoms with E-state index in [0.717, 1.165) is 5.69 Å². The molecule has 0 radical (unpaired) electrons. The van der Waals surface area contributed by atoms with Crippen LogP contribution in [0.4, 0.5) is 0 Å². The predicted molar refractivity (Wildman–Crippen MR) is 46.1 cm³/mol. The molecule has 0 fully saturated rings. The van der Waals surface area contributed by atoms with Crippen LogP contribution in [0.1, 0.15) is 25.5 Å². The van der Waals surface area contributed by atoms with E-state index in [9.17, 15) is 0 Å². The van der Waals surface area contributed by atoms with Gasteiger partial charge in [0.05, 0.1) is 11.9 Å². The Morgan fingerprint density at radius 3 is 2.45 bits per heavy atom. The van der Waals surface area contributed by atoms with Crippen molar-refractivity contribution >= 4 is 23.2 Å². The Hall–Kier alpha value is -0.340. The fourth-order valence-corrected chi connectivity index (χ4v) is 1.18. The minimum atomic E-state index is 0.258. The van der Waals surface area contributed by atoms with Gasteiger partial charge in [-0.2, -0.15) is 0 Å². The van der Waals surface area contributed by atoms with E-state index in [1.165, 1.54) is 6.20 Å². The highest BCUT2D eigenvalue weighted by Gasteiger charge is 2.07. The molecule has 0 saturated carbocycles. The van der Waals surface area contributed by atoms with Gasteiger partial charge in [0.15, 0.2) is 5.15 Å². The molecule has 4 heteroatoms. The van der Waals surface area contributed by atoms with Gasteiger partial charge in [0.1, 0.15) is 5.15 Å². The zero-order valence-corrected chi connectivity index (χ0v) is 7.82. The third-order valence-electron chi connectivity index (χ3n) is 1.27. The summed E-state index contributed by atoms with van der Waals surface area (Å²) in [6.45, 7) is 3.98. The van der Waals surface area contributed by atoms with Gasteiger partial charge in [-0.15, -0.1) is 0 Å². The summed E-state index contributed by atoms with van der Waals surface area (Å²) in [4.78, 5) is 7.91. The Morgan fingerprint density at radius 1 is 1.36 bits per heavy atom. The Bertz CT molecular complexity index is 261. The van der Waals surface area contributed by atoms with Crippen LogP contribution in [0.5, 0.6) is 0 Å². The quantitative estimate of drug-likeness (QED) is 0.681. The van der Waals surface area contributed by atoms with E-state index >= 15 is 0 Å². The number of hydrogen-bond acceptors (Lipinski definition) is 2. The van der Waals surface area contributed by atoms with Gasteiger partial charge >= 0.3 is 0 Å². The highest BCUT2D eigenvalue weighted by molar-refractivity contribution is 6.31. The van der Waals surface area contributed by atoms with Crippen molar-refractivity contribution < 1.29 is 0 Å². The lowest BCUT2D eigenvalue weighted by Crippen LogP contribution is -1.95. The van der Waals surface area contributed by atoms with E-state index in [4.69, 9.17) is 23.2 Å². The number of rotatable bonds is 1. The third kappa shape index (κ3) is 2.04. The van der Waals surface area contributed by atoms with Crippen LogP contribution in [0.3, 0.4) is 0 Å². The summed E-state index contributed by atoms with van der Waals surface area (Å²) in [6.07, 6.45) is 1.44. The fraction of sp³-hybridized carbons (Fsp3) is 0.429. The highest BCUT2D eigenvalue weighted by atomic mass is 35.5. The SMILES string of the molecule is CC(C)c1nc(Cl)cnc1Cl. The van der Waals surface area contributed by atoms with Gasteiger partial charge in [-0.1, -0.05) is 37.0 Å². The summed E-state index contributed by atoms with van der Waals surface area (Å²) in [5, 5.41) is 0.822. The highest BCUT2D eigenvalue weighted by Crippen LogP contribution is 2.20. The molecule has 1 rings (SSSR count). The van der Waals surface area contributed by atoms with Gasteiger partial charge in [-0.25, -0.2) is 9.97 Å². The molecule has 11 heavy (non-hydrogen) atoms. The van der Waals surface area contributed by atoms with Crippen LogP contribution in [0.15, 0.2) is 6.20 Å². The molecule has 0 aliphatic carbocycles. The molecule has 0 aliphatic rings. The van der Waals surface area contributed by atoms with Gasteiger partial charge in [-0.05, 0) is 5.92 Å². The summed E-state index contributed by atoms with van der Waals surface area (Å²) < 4.78 is 0. The molecule has 1 aromatic rings. The minimum Gasteiger partial charge on any atom is -0.239 e. The first kappa shape index (κ1) is 8.75. The largest absolute Gasteiger partial charge is 0.239 e. The Balaban J connectivity index is 3.13. The molecule has 0 N–H and O–H groups in total. The summed E-state index contributed by atoms with van der Waals surface area (Å²) in [7, 11) is 0. The lowest BCUT2D eigenvalue weighted by atomic mass is 10.1. The second-order valence-electron chi connectivity index (χ2n) is 2.52. The summed E-state index contributed by atoms with van der Waals surface area (Å²) in [5.74, 6) is 0.258. The van der Waals surface area contributed by atoms with Crippen LogP contribution in [-0.2, 0) is 0 Å². The zero-order chi connectivity index (χ0) is 8.43. The molecule has 0 atom stereocenters. The molecule has 1 aromatic heterocycles. The predicted octanol–water partition coefficient (Wildman–Crippen LogP) is 2.91. The molecule has 0 aromatic carbocycles. The van der Waals surface area contributed by atoms with Gasteiger partial charge in [0.2, 0.25) is 0 Å². The van der Waals surface area contributed by atoms with Crippen LogP contribution in [-0.4, -0.2) is 9.97 Å². The van der Waals surface area contributed by atoms with Crippen molar-refractivity contribution in [1.82, 2.24) is 9.97 Å². The summed E-state index contributed by atoms with van der Waals surface area (Å²) in [5.41, 5.74) is 0.749. The molecule has 0 bridgehead atoms. The maximum atomic E-state index is 5.76. The summed E-state index contributed by atoms with van der Waals surface area (Å²) in [6, 6.07) is 0. The van der Waals surface area contributed by atoms with E-state index in [-0.39, 0.29) is 5.92 Å². The Morgan fingerprint density at radius 2 is 2.00 bits per heavy atom. The smallest absolute Gasteiger partial charge is 0.150 e. The van der Waals surface area contributed by atoms with Crippen LogP contribution < -0.4 is 0 Å². The normalized spacial score (nSPS) is 10.6. The Kier molecular flexibility index (Phi) is 2.68. The van der Waals surface area contributed by atoms with Crippen molar-refractivity contribution in [3.8, 4) is 0 Å². The molecule has 60 valence electrons. The van der Waals surface area contributed by atoms with Crippen molar-refractivity contribution in [2.45, 2.75) is 19.8 Å². The lowest BCUT2D eigenvalue weighted by Gasteiger charge is -2.04.